The van der Waals surface area contributed by atoms with Gasteiger partial charge in [-0.15, -0.1) is 0 Å². The van der Waals surface area contributed by atoms with Crippen LogP contribution in [-0.4, -0.2) is 22.6 Å². The molecule has 3 aromatic carbocycles. The third-order valence-electron chi connectivity index (χ3n) is 7.05. The van der Waals surface area contributed by atoms with Crippen LogP contribution < -0.4 is 10.5 Å². The molecule has 2 heterocycles. The normalized spacial score (nSPS) is 14.6. The Morgan fingerprint density at radius 3 is 2.50 bits per heavy atom. The van der Waals surface area contributed by atoms with E-state index in [0.717, 1.165) is 49.4 Å². The summed E-state index contributed by atoms with van der Waals surface area (Å²) in [4.78, 5) is 19.3. The van der Waals surface area contributed by atoms with Crippen LogP contribution in [0.25, 0.3) is 16.5 Å². The smallest absolute Gasteiger partial charge is 0.258 e. The van der Waals surface area contributed by atoms with Crippen molar-refractivity contribution in [3.05, 3.63) is 98.7 Å². The van der Waals surface area contributed by atoms with Gasteiger partial charge in [-0.2, -0.15) is 0 Å². The lowest BCUT2D eigenvalue weighted by Gasteiger charge is -2.34. The van der Waals surface area contributed by atoms with Crippen LogP contribution in [0.5, 0.6) is 0 Å². The third-order valence-corrected chi connectivity index (χ3v) is 7.35. The van der Waals surface area contributed by atoms with E-state index < -0.39 is 0 Å². The van der Waals surface area contributed by atoms with Crippen LogP contribution in [0.1, 0.15) is 35.5 Å². The summed E-state index contributed by atoms with van der Waals surface area (Å²) in [7, 11) is 0. The van der Waals surface area contributed by atoms with Gasteiger partial charge in [0.05, 0.1) is 16.4 Å². The number of piperidine rings is 1. The lowest BCUT2D eigenvalue weighted by Crippen LogP contribution is -2.34. The summed E-state index contributed by atoms with van der Waals surface area (Å²) in [5.41, 5.74) is 5.20. The molecule has 1 aliphatic rings. The number of aromatic nitrogens is 2. The quantitative estimate of drug-likeness (QED) is 0.344. The molecule has 0 bridgehead atoms. The first-order chi connectivity index (χ1) is 16.4. The molecule has 0 aliphatic carbocycles. The van der Waals surface area contributed by atoms with Gasteiger partial charge in [-0.1, -0.05) is 48.0 Å². The number of rotatable bonds is 4. The van der Waals surface area contributed by atoms with Crippen LogP contribution >= 0.6 is 11.6 Å². The van der Waals surface area contributed by atoms with Gasteiger partial charge in [-0.3, -0.25) is 9.36 Å². The number of aryl methyl sites for hydroxylation is 3. The summed E-state index contributed by atoms with van der Waals surface area (Å²) in [6.45, 7) is 7.84. The van der Waals surface area contributed by atoms with Crippen LogP contribution in [0, 0.1) is 26.7 Å². The fraction of sp³-hybridized carbons (Fsp3) is 0.310. The molecule has 0 radical (unpaired) electrons. The van der Waals surface area contributed by atoms with E-state index in [1.807, 2.05) is 32.0 Å². The number of hydrogen-bond donors (Lipinski definition) is 0. The first-order valence-electron chi connectivity index (χ1n) is 12.0. The van der Waals surface area contributed by atoms with E-state index in [1.54, 1.807) is 10.6 Å². The molecule has 5 heteroatoms. The molecule has 0 N–H and O–H groups in total. The molecule has 0 saturated carbocycles. The minimum Gasteiger partial charge on any atom is -0.370 e. The van der Waals surface area contributed by atoms with Gasteiger partial charge in [-0.25, -0.2) is 4.98 Å². The first kappa shape index (κ1) is 22.7. The number of hydrogen-bond acceptors (Lipinski definition) is 3. The van der Waals surface area contributed by atoms with Crippen LogP contribution in [0.15, 0.2) is 65.5 Å². The molecule has 1 aromatic heterocycles. The first-order valence-corrected chi connectivity index (χ1v) is 12.4. The zero-order chi connectivity index (χ0) is 23.8. The number of nitrogens with zero attached hydrogens (tertiary/aromatic N) is 3. The minimum atomic E-state index is -0.0847. The molecule has 5 rings (SSSR count). The topological polar surface area (TPSA) is 38.1 Å². The SMILES string of the molecule is Cc1cc(=O)n(-c2ccc(N3CCC(Cc4ccc5cccc(C)c5c4)CC3)c(Cl)c2)c(C)n1. The Labute approximate surface area is 205 Å². The molecule has 4 nitrogen and oxygen atoms in total. The number of benzene rings is 3. The highest BCUT2D eigenvalue weighted by atomic mass is 35.5. The molecule has 0 spiro atoms. The second-order valence-corrected chi connectivity index (χ2v) is 9.93. The van der Waals surface area contributed by atoms with Crippen LogP contribution in [0.4, 0.5) is 5.69 Å². The molecule has 1 aliphatic heterocycles. The summed E-state index contributed by atoms with van der Waals surface area (Å²) in [5, 5.41) is 3.35. The van der Waals surface area contributed by atoms with Gasteiger partial charge in [0, 0.05) is 24.8 Å². The second-order valence-electron chi connectivity index (χ2n) is 9.52. The Morgan fingerprint density at radius 1 is 0.971 bits per heavy atom. The maximum absolute atomic E-state index is 12.5. The molecule has 1 fully saturated rings. The van der Waals surface area contributed by atoms with Gasteiger partial charge in [0.25, 0.3) is 5.56 Å². The van der Waals surface area contributed by atoms with Gasteiger partial charge in [-0.05, 0) is 86.1 Å². The third kappa shape index (κ3) is 4.47. The summed E-state index contributed by atoms with van der Waals surface area (Å²) in [6.07, 6.45) is 3.40. The Morgan fingerprint density at radius 2 is 1.76 bits per heavy atom. The van der Waals surface area contributed by atoms with Crippen LogP contribution in [0.2, 0.25) is 5.02 Å². The van der Waals surface area contributed by atoms with Crippen molar-refractivity contribution in [1.29, 1.82) is 0 Å². The lowest BCUT2D eigenvalue weighted by molar-refractivity contribution is 0.404. The summed E-state index contributed by atoms with van der Waals surface area (Å²) in [5.74, 6) is 1.34. The highest BCUT2D eigenvalue weighted by Crippen LogP contribution is 2.33. The van der Waals surface area contributed by atoms with Crippen molar-refractivity contribution in [3.63, 3.8) is 0 Å². The largest absolute Gasteiger partial charge is 0.370 e. The molecule has 34 heavy (non-hydrogen) atoms. The van der Waals surface area contributed by atoms with Crippen molar-refractivity contribution in [2.24, 2.45) is 5.92 Å². The number of anilines is 1. The van der Waals surface area contributed by atoms with Crippen molar-refractivity contribution < 1.29 is 0 Å². The van der Waals surface area contributed by atoms with Crippen LogP contribution in [-0.2, 0) is 6.42 Å². The standard InChI is InChI=1S/C29H30ClN3O/c1-19-5-4-6-24-8-7-23(17-26(19)24)16-22-11-13-32(14-12-22)28-10-9-25(18-27(28)30)33-21(3)31-20(2)15-29(33)34/h4-10,15,17-18,22H,11-14,16H2,1-3H3. The average molecular weight is 472 g/mol. The van der Waals surface area contributed by atoms with Gasteiger partial charge in [0.15, 0.2) is 0 Å². The summed E-state index contributed by atoms with van der Waals surface area (Å²) >= 11 is 6.71. The molecular weight excluding hydrogens is 442 g/mol. The summed E-state index contributed by atoms with van der Waals surface area (Å²) in [6, 6.07) is 20.9. The predicted octanol–water partition coefficient (Wildman–Crippen LogP) is 6.42. The number of halogens is 1. The Kier molecular flexibility index (Phi) is 6.18. The highest BCUT2D eigenvalue weighted by molar-refractivity contribution is 6.33. The lowest BCUT2D eigenvalue weighted by atomic mass is 9.89. The van der Waals surface area contributed by atoms with E-state index in [2.05, 4.69) is 53.2 Å². The zero-order valence-corrected chi connectivity index (χ0v) is 20.8. The van der Waals surface area contributed by atoms with Crippen molar-refractivity contribution in [2.45, 2.75) is 40.0 Å². The Balaban J connectivity index is 1.28. The second kappa shape index (κ2) is 9.27. The molecule has 4 aromatic rings. The molecule has 0 atom stereocenters. The molecule has 0 amide bonds. The number of fused-ring (bicyclic) bond motifs is 1. The fourth-order valence-electron chi connectivity index (χ4n) is 5.26. The molecule has 1 saturated heterocycles. The van der Waals surface area contributed by atoms with E-state index in [-0.39, 0.29) is 5.56 Å². The summed E-state index contributed by atoms with van der Waals surface area (Å²) < 4.78 is 1.61. The predicted molar refractivity (Wildman–Crippen MR) is 142 cm³/mol. The van der Waals surface area contributed by atoms with Crippen molar-refractivity contribution in [1.82, 2.24) is 9.55 Å². The monoisotopic (exact) mass is 471 g/mol. The molecule has 0 unspecified atom stereocenters. The highest BCUT2D eigenvalue weighted by Gasteiger charge is 2.22. The molecular formula is C29H30ClN3O. The average Bonchev–Trinajstić information content (AvgIpc) is 2.80. The molecule has 174 valence electrons. The van der Waals surface area contributed by atoms with E-state index in [4.69, 9.17) is 11.6 Å². The van der Waals surface area contributed by atoms with E-state index in [9.17, 15) is 4.79 Å². The maximum Gasteiger partial charge on any atom is 0.258 e. The Hall–Kier alpha value is -3.11. The minimum absolute atomic E-state index is 0.0847. The fourth-order valence-corrected chi connectivity index (χ4v) is 5.55. The van der Waals surface area contributed by atoms with Crippen LogP contribution in [0.3, 0.4) is 0 Å². The van der Waals surface area contributed by atoms with Gasteiger partial charge in [0.1, 0.15) is 5.82 Å². The van der Waals surface area contributed by atoms with Gasteiger partial charge in [0.2, 0.25) is 0 Å². The van der Waals surface area contributed by atoms with E-state index >= 15 is 0 Å². The van der Waals surface area contributed by atoms with E-state index in [1.165, 1.54) is 21.9 Å². The van der Waals surface area contributed by atoms with Crippen molar-refractivity contribution >= 4 is 28.1 Å². The Bertz CT molecular complexity index is 1420. The van der Waals surface area contributed by atoms with Gasteiger partial charge < -0.3 is 4.90 Å². The van der Waals surface area contributed by atoms with E-state index in [0.29, 0.717) is 16.8 Å². The maximum atomic E-state index is 12.5. The van der Waals surface area contributed by atoms with Gasteiger partial charge >= 0.3 is 0 Å². The zero-order valence-electron chi connectivity index (χ0n) is 20.0. The van der Waals surface area contributed by atoms with Crippen molar-refractivity contribution in [2.75, 3.05) is 18.0 Å². The van der Waals surface area contributed by atoms with Crippen molar-refractivity contribution in [3.8, 4) is 5.69 Å².